The van der Waals surface area contributed by atoms with E-state index in [0.717, 1.165) is 16.7 Å². The topological polar surface area (TPSA) is 39.2 Å². The summed E-state index contributed by atoms with van der Waals surface area (Å²) in [7, 11) is 1.40. The molecule has 1 heterocycles. The van der Waals surface area contributed by atoms with Crippen LogP contribution in [0, 0.1) is 0 Å². The fourth-order valence-electron chi connectivity index (χ4n) is 1.72. The van der Waals surface area contributed by atoms with Crippen molar-refractivity contribution in [3.8, 4) is 11.1 Å². The van der Waals surface area contributed by atoms with Gasteiger partial charge in [-0.3, -0.25) is 9.78 Å². The molecule has 0 radical (unpaired) electrons. The lowest BCUT2D eigenvalue weighted by Gasteiger charge is -2.08. The number of rotatable bonds is 3. The third-order valence-corrected chi connectivity index (χ3v) is 2.57. The third-order valence-electron chi connectivity index (χ3n) is 2.57. The molecule has 0 atom stereocenters. The zero-order chi connectivity index (χ0) is 12.1. The van der Waals surface area contributed by atoms with Gasteiger partial charge in [0, 0.05) is 12.4 Å². The van der Waals surface area contributed by atoms with Gasteiger partial charge in [-0.05, 0) is 28.8 Å². The highest BCUT2D eigenvalue weighted by molar-refractivity contribution is 5.77. The number of aromatic nitrogens is 1. The van der Waals surface area contributed by atoms with Crippen LogP contribution in [0.25, 0.3) is 11.1 Å². The van der Waals surface area contributed by atoms with Crippen LogP contribution in [0.1, 0.15) is 5.56 Å². The first-order chi connectivity index (χ1) is 8.31. The van der Waals surface area contributed by atoms with Gasteiger partial charge >= 0.3 is 5.97 Å². The van der Waals surface area contributed by atoms with Gasteiger partial charge in [-0.25, -0.2) is 0 Å². The van der Waals surface area contributed by atoms with Crippen LogP contribution < -0.4 is 0 Å². The van der Waals surface area contributed by atoms with Crippen LogP contribution in [-0.4, -0.2) is 18.1 Å². The second-order valence-corrected chi connectivity index (χ2v) is 3.65. The lowest BCUT2D eigenvalue weighted by Crippen LogP contribution is -2.05. The van der Waals surface area contributed by atoms with Crippen molar-refractivity contribution in [1.82, 2.24) is 4.98 Å². The molecule has 0 aliphatic rings. The molecule has 2 aromatic rings. The predicted molar refractivity (Wildman–Crippen MR) is 65.4 cm³/mol. The van der Waals surface area contributed by atoms with Crippen LogP contribution in [-0.2, 0) is 16.0 Å². The number of hydrogen-bond acceptors (Lipinski definition) is 3. The van der Waals surface area contributed by atoms with E-state index < -0.39 is 0 Å². The van der Waals surface area contributed by atoms with E-state index >= 15 is 0 Å². The minimum absolute atomic E-state index is 0.230. The molecule has 0 aliphatic carbocycles. The van der Waals surface area contributed by atoms with Crippen molar-refractivity contribution < 1.29 is 9.53 Å². The van der Waals surface area contributed by atoms with Crippen LogP contribution in [0.3, 0.4) is 0 Å². The van der Waals surface area contributed by atoms with E-state index in [9.17, 15) is 4.79 Å². The van der Waals surface area contributed by atoms with E-state index in [-0.39, 0.29) is 12.4 Å². The molecule has 1 aromatic carbocycles. The van der Waals surface area contributed by atoms with Gasteiger partial charge in [0.1, 0.15) is 0 Å². The number of esters is 1. The molecule has 2 rings (SSSR count). The minimum Gasteiger partial charge on any atom is -0.469 e. The maximum absolute atomic E-state index is 11.3. The number of hydrogen-bond donors (Lipinski definition) is 0. The maximum atomic E-state index is 11.3. The van der Waals surface area contributed by atoms with Gasteiger partial charge in [0.05, 0.1) is 13.5 Å². The number of methoxy groups -OCH3 is 1. The first-order valence-corrected chi connectivity index (χ1v) is 5.36. The summed E-state index contributed by atoms with van der Waals surface area (Å²) < 4.78 is 4.69. The van der Waals surface area contributed by atoms with Crippen LogP contribution in [0.4, 0.5) is 0 Å². The molecule has 1 aromatic heterocycles. The van der Waals surface area contributed by atoms with Crippen LogP contribution in [0.15, 0.2) is 48.8 Å². The lowest BCUT2D eigenvalue weighted by molar-refractivity contribution is -0.139. The second-order valence-electron chi connectivity index (χ2n) is 3.65. The quantitative estimate of drug-likeness (QED) is 0.756. The number of nitrogens with zero attached hydrogens (tertiary/aromatic N) is 1. The summed E-state index contributed by atoms with van der Waals surface area (Å²) in [5.74, 6) is -0.230. The molecule has 0 unspecified atom stereocenters. The fraction of sp³-hybridized carbons (Fsp3) is 0.143. The maximum Gasteiger partial charge on any atom is 0.309 e. The average Bonchev–Trinajstić information content (AvgIpc) is 2.40. The van der Waals surface area contributed by atoms with Crippen molar-refractivity contribution >= 4 is 5.97 Å². The summed E-state index contributed by atoms with van der Waals surface area (Å²) in [6.45, 7) is 0. The van der Waals surface area contributed by atoms with E-state index in [2.05, 4.69) is 4.98 Å². The van der Waals surface area contributed by atoms with Gasteiger partial charge in [-0.1, -0.05) is 24.3 Å². The second kappa shape index (κ2) is 5.25. The van der Waals surface area contributed by atoms with Gasteiger partial charge < -0.3 is 4.74 Å². The summed E-state index contributed by atoms with van der Waals surface area (Å²) in [6, 6.07) is 11.7. The number of benzene rings is 1. The van der Waals surface area contributed by atoms with E-state index in [1.165, 1.54) is 7.11 Å². The van der Waals surface area contributed by atoms with Gasteiger partial charge in [0.25, 0.3) is 0 Å². The zero-order valence-electron chi connectivity index (χ0n) is 9.59. The van der Waals surface area contributed by atoms with Crippen molar-refractivity contribution in [1.29, 1.82) is 0 Å². The first-order valence-electron chi connectivity index (χ1n) is 5.36. The smallest absolute Gasteiger partial charge is 0.309 e. The van der Waals surface area contributed by atoms with Crippen LogP contribution in [0.5, 0.6) is 0 Å². The molecule has 17 heavy (non-hydrogen) atoms. The lowest BCUT2D eigenvalue weighted by atomic mass is 9.99. The van der Waals surface area contributed by atoms with E-state index in [1.807, 2.05) is 36.4 Å². The summed E-state index contributed by atoms with van der Waals surface area (Å²) in [5, 5.41) is 0. The number of ether oxygens (including phenoxy) is 1. The Bertz CT molecular complexity index is 509. The summed E-state index contributed by atoms with van der Waals surface area (Å²) in [6.07, 6.45) is 3.77. The van der Waals surface area contributed by atoms with Crippen LogP contribution in [0.2, 0.25) is 0 Å². The predicted octanol–water partition coefficient (Wildman–Crippen LogP) is 2.46. The van der Waals surface area contributed by atoms with Crippen LogP contribution >= 0.6 is 0 Å². The summed E-state index contributed by atoms with van der Waals surface area (Å²) in [5.41, 5.74) is 3.06. The third kappa shape index (κ3) is 2.69. The summed E-state index contributed by atoms with van der Waals surface area (Å²) >= 11 is 0. The molecule has 0 spiro atoms. The average molecular weight is 227 g/mol. The Morgan fingerprint density at radius 1 is 1.18 bits per heavy atom. The van der Waals surface area contributed by atoms with E-state index in [4.69, 9.17) is 4.74 Å². The highest BCUT2D eigenvalue weighted by atomic mass is 16.5. The van der Waals surface area contributed by atoms with E-state index in [1.54, 1.807) is 12.4 Å². The standard InChI is InChI=1S/C14H13NO2/c1-17-14(16)10-12-4-2-3-5-13(12)11-6-8-15-9-7-11/h2-9H,10H2,1H3. The van der Waals surface area contributed by atoms with Gasteiger partial charge in [-0.2, -0.15) is 0 Å². The molecule has 86 valence electrons. The normalized spacial score (nSPS) is 9.94. The van der Waals surface area contributed by atoms with Crippen molar-refractivity contribution in [2.75, 3.05) is 7.11 Å². The van der Waals surface area contributed by atoms with Gasteiger partial charge in [0.2, 0.25) is 0 Å². The Kier molecular flexibility index (Phi) is 3.50. The molecule has 3 heteroatoms. The fourth-order valence-corrected chi connectivity index (χ4v) is 1.72. The molecule has 3 nitrogen and oxygen atoms in total. The molecule has 0 fully saturated rings. The van der Waals surface area contributed by atoms with Crippen molar-refractivity contribution in [2.45, 2.75) is 6.42 Å². The van der Waals surface area contributed by atoms with Crippen molar-refractivity contribution in [3.05, 3.63) is 54.4 Å². The Hall–Kier alpha value is -2.16. The first kappa shape index (κ1) is 11.3. The molecule has 0 bridgehead atoms. The molecule has 0 saturated heterocycles. The number of carbonyl (C=O) groups is 1. The molecule has 0 aliphatic heterocycles. The van der Waals surface area contributed by atoms with Gasteiger partial charge in [0.15, 0.2) is 0 Å². The molecule has 0 N–H and O–H groups in total. The monoisotopic (exact) mass is 227 g/mol. The Morgan fingerprint density at radius 2 is 1.88 bits per heavy atom. The number of pyridine rings is 1. The largest absolute Gasteiger partial charge is 0.469 e. The molecular weight excluding hydrogens is 214 g/mol. The highest BCUT2D eigenvalue weighted by Crippen LogP contribution is 2.23. The molecule has 0 saturated carbocycles. The van der Waals surface area contributed by atoms with Gasteiger partial charge in [-0.15, -0.1) is 0 Å². The molecular formula is C14H13NO2. The Labute approximate surface area is 100 Å². The minimum atomic E-state index is -0.230. The van der Waals surface area contributed by atoms with Crippen molar-refractivity contribution in [2.24, 2.45) is 0 Å². The van der Waals surface area contributed by atoms with E-state index in [0.29, 0.717) is 0 Å². The Balaban J connectivity index is 2.38. The Morgan fingerprint density at radius 3 is 2.59 bits per heavy atom. The highest BCUT2D eigenvalue weighted by Gasteiger charge is 2.08. The summed E-state index contributed by atoms with van der Waals surface area (Å²) in [4.78, 5) is 15.3. The molecule has 0 amide bonds. The zero-order valence-corrected chi connectivity index (χ0v) is 9.59. The number of carbonyl (C=O) groups excluding carboxylic acids is 1. The SMILES string of the molecule is COC(=O)Cc1ccccc1-c1ccncc1. The van der Waals surface area contributed by atoms with Crippen molar-refractivity contribution in [3.63, 3.8) is 0 Å².